The van der Waals surface area contributed by atoms with Gasteiger partial charge in [-0.1, -0.05) is 12.8 Å². The number of hydrogen-bond donors (Lipinski definition) is 3. The first kappa shape index (κ1) is 16.0. The summed E-state index contributed by atoms with van der Waals surface area (Å²) in [5.41, 5.74) is -0.0854. The summed E-state index contributed by atoms with van der Waals surface area (Å²) in [6.07, 6.45) is 4.65. The number of aryl methyl sites for hydroxylation is 1. The van der Waals surface area contributed by atoms with Crippen LogP contribution in [-0.4, -0.2) is 41.8 Å². The summed E-state index contributed by atoms with van der Waals surface area (Å²) in [5.74, 6) is -1.26. The highest BCUT2D eigenvalue weighted by Crippen LogP contribution is 2.25. The van der Waals surface area contributed by atoms with Crippen molar-refractivity contribution in [2.24, 2.45) is 13.0 Å². The van der Waals surface area contributed by atoms with Crippen LogP contribution >= 0.6 is 0 Å². The SMILES string of the molecule is Cn1cc(S(=O)(=O)NC2CCCCC2CO)cc1C(=O)O. The summed E-state index contributed by atoms with van der Waals surface area (Å²) >= 11 is 0. The minimum absolute atomic E-state index is 0.0532. The number of aliphatic hydroxyl groups excluding tert-OH is 1. The molecule has 1 saturated carbocycles. The van der Waals surface area contributed by atoms with Gasteiger partial charge in [0.25, 0.3) is 0 Å². The van der Waals surface area contributed by atoms with Crippen molar-refractivity contribution < 1.29 is 23.4 Å². The summed E-state index contributed by atoms with van der Waals surface area (Å²) in [6, 6.07) is 0.837. The highest BCUT2D eigenvalue weighted by atomic mass is 32.2. The molecule has 21 heavy (non-hydrogen) atoms. The minimum atomic E-state index is -3.78. The summed E-state index contributed by atoms with van der Waals surface area (Å²) in [7, 11) is -2.30. The van der Waals surface area contributed by atoms with E-state index in [1.807, 2.05) is 0 Å². The van der Waals surface area contributed by atoms with Crippen LogP contribution in [0.5, 0.6) is 0 Å². The second kappa shape index (κ2) is 6.17. The van der Waals surface area contributed by atoms with Gasteiger partial charge in [-0.05, 0) is 24.8 Å². The molecular formula is C13H20N2O5S. The van der Waals surface area contributed by atoms with E-state index in [2.05, 4.69) is 4.72 Å². The zero-order valence-electron chi connectivity index (χ0n) is 11.8. The Balaban J connectivity index is 2.21. The van der Waals surface area contributed by atoms with Gasteiger partial charge in [0, 0.05) is 25.9 Å². The average Bonchev–Trinajstić information content (AvgIpc) is 2.82. The first-order chi connectivity index (χ1) is 9.85. The molecule has 1 aliphatic carbocycles. The lowest BCUT2D eigenvalue weighted by Crippen LogP contribution is -2.43. The summed E-state index contributed by atoms with van der Waals surface area (Å²) in [4.78, 5) is 10.9. The predicted molar refractivity (Wildman–Crippen MR) is 75.5 cm³/mol. The highest BCUT2D eigenvalue weighted by Gasteiger charge is 2.30. The number of carboxylic acid groups (broad SMARTS) is 1. The van der Waals surface area contributed by atoms with E-state index in [0.717, 1.165) is 25.3 Å². The maximum Gasteiger partial charge on any atom is 0.352 e. The Morgan fingerprint density at radius 1 is 1.43 bits per heavy atom. The van der Waals surface area contributed by atoms with Crippen LogP contribution in [0.15, 0.2) is 17.2 Å². The van der Waals surface area contributed by atoms with Crippen LogP contribution in [0.25, 0.3) is 0 Å². The van der Waals surface area contributed by atoms with Crippen LogP contribution in [-0.2, 0) is 17.1 Å². The van der Waals surface area contributed by atoms with Crippen molar-refractivity contribution in [3.05, 3.63) is 18.0 Å². The molecule has 0 radical (unpaired) electrons. The van der Waals surface area contributed by atoms with Gasteiger partial charge in [0.2, 0.25) is 10.0 Å². The zero-order valence-corrected chi connectivity index (χ0v) is 12.6. The Morgan fingerprint density at radius 2 is 2.10 bits per heavy atom. The molecule has 0 aliphatic heterocycles. The second-order valence-corrected chi connectivity index (χ2v) is 7.15. The van der Waals surface area contributed by atoms with Crippen molar-refractivity contribution in [1.82, 2.24) is 9.29 Å². The van der Waals surface area contributed by atoms with E-state index in [1.165, 1.54) is 17.8 Å². The Hall–Kier alpha value is -1.38. The number of aliphatic hydroxyl groups is 1. The number of nitrogens with one attached hydrogen (secondary N) is 1. The summed E-state index contributed by atoms with van der Waals surface area (Å²) < 4.78 is 28.6. The lowest BCUT2D eigenvalue weighted by atomic mass is 9.86. The molecule has 118 valence electrons. The van der Waals surface area contributed by atoms with Gasteiger partial charge >= 0.3 is 5.97 Å². The standard InChI is InChI=1S/C13H20N2O5S/c1-15-7-10(6-12(15)13(17)18)21(19,20)14-11-5-3-2-4-9(11)8-16/h6-7,9,11,14,16H,2-5,8H2,1H3,(H,17,18). The predicted octanol–water partition coefficient (Wildman–Crippen LogP) is 0.553. The fourth-order valence-corrected chi connectivity index (χ4v) is 4.15. The third kappa shape index (κ3) is 3.45. The molecule has 2 rings (SSSR count). The van der Waals surface area contributed by atoms with Gasteiger partial charge in [0.15, 0.2) is 0 Å². The molecule has 1 fully saturated rings. The van der Waals surface area contributed by atoms with Gasteiger partial charge in [-0.2, -0.15) is 0 Å². The molecule has 0 spiro atoms. The van der Waals surface area contributed by atoms with Crippen LogP contribution in [0, 0.1) is 5.92 Å². The number of sulfonamides is 1. The first-order valence-electron chi connectivity index (χ1n) is 6.88. The molecular weight excluding hydrogens is 296 g/mol. The Bertz CT molecular complexity index is 623. The minimum Gasteiger partial charge on any atom is -0.477 e. The van der Waals surface area contributed by atoms with Crippen LogP contribution < -0.4 is 4.72 Å². The van der Waals surface area contributed by atoms with Crippen LogP contribution in [0.1, 0.15) is 36.2 Å². The van der Waals surface area contributed by atoms with E-state index in [0.29, 0.717) is 6.42 Å². The molecule has 0 saturated heterocycles. The quantitative estimate of drug-likeness (QED) is 0.735. The van der Waals surface area contributed by atoms with Gasteiger partial charge in [-0.25, -0.2) is 17.9 Å². The lowest BCUT2D eigenvalue weighted by Gasteiger charge is -2.30. The Kier molecular flexibility index (Phi) is 4.70. The number of aromatic carboxylic acids is 1. The van der Waals surface area contributed by atoms with Crippen LogP contribution in [0.3, 0.4) is 0 Å². The third-order valence-electron chi connectivity index (χ3n) is 3.96. The largest absolute Gasteiger partial charge is 0.477 e. The first-order valence-corrected chi connectivity index (χ1v) is 8.36. The van der Waals surface area contributed by atoms with Crippen molar-refractivity contribution in [3.63, 3.8) is 0 Å². The molecule has 8 heteroatoms. The molecule has 1 aromatic heterocycles. The van der Waals surface area contributed by atoms with Crippen LogP contribution in [0.4, 0.5) is 0 Å². The monoisotopic (exact) mass is 316 g/mol. The van der Waals surface area contributed by atoms with Gasteiger partial charge in [0.05, 0.1) is 0 Å². The molecule has 2 unspecified atom stereocenters. The van der Waals surface area contributed by atoms with Crippen molar-refractivity contribution in [2.75, 3.05) is 6.61 Å². The molecule has 1 aromatic rings. The molecule has 0 aromatic carbocycles. The van der Waals surface area contributed by atoms with Gasteiger partial charge in [-0.3, -0.25) is 0 Å². The maximum atomic E-state index is 12.4. The van der Waals surface area contributed by atoms with Crippen molar-refractivity contribution in [2.45, 2.75) is 36.6 Å². The normalized spacial score (nSPS) is 23.1. The average molecular weight is 316 g/mol. The maximum absolute atomic E-state index is 12.4. The number of rotatable bonds is 5. The fraction of sp³-hybridized carbons (Fsp3) is 0.615. The number of nitrogens with zero attached hydrogens (tertiary/aromatic N) is 1. The Labute approximate surface area is 123 Å². The summed E-state index contributed by atoms with van der Waals surface area (Å²) in [6.45, 7) is -0.0532. The van der Waals surface area contributed by atoms with Gasteiger partial charge in [0.1, 0.15) is 10.6 Å². The van der Waals surface area contributed by atoms with E-state index in [-0.39, 0.29) is 29.2 Å². The number of carboxylic acids is 1. The fourth-order valence-electron chi connectivity index (χ4n) is 2.74. The molecule has 3 N–H and O–H groups in total. The number of carbonyl (C=O) groups is 1. The van der Waals surface area contributed by atoms with Crippen molar-refractivity contribution >= 4 is 16.0 Å². The van der Waals surface area contributed by atoms with Gasteiger partial charge < -0.3 is 14.8 Å². The van der Waals surface area contributed by atoms with Crippen molar-refractivity contribution in [1.29, 1.82) is 0 Å². The zero-order chi connectivity index (χ0) is 15.6. The van der Waals surface area contributed by atoms with E-state index in [1.54, 1.807) is 0 Å². The van der Waals surface area contributed by atoms with E-state index in [9.17, 15) is 18.3 Å². The summed E-state index contributed by atoms with van der Waals surface area (Å²) in [5, 5.41) is 18.3. The molecule has 0 amide bonds. The molecule has 2 atom stereocenters. The smallest absolute Gasteiger partial charge is 0.352 e. The third-order valence-corrected chi connectivity index (χ3v) is 5.42. The molecule has 1 heterocycles. The van der Waals surface area contributed by atoms with Crippen LogP contribution in [0.2, 0.25) is 0 Å². The Morgan fingerprint density at radius 3 is 2.67 bits per heavy atom. The van der Waals surface area contributed by atoms with E-state index < -0.39 is 16.0 Å². The lowest BCUT2D eigenvalue weighted by molar-refractivity contribution is 0.0686. The second-order valence-electron chi connectivity index (χ2n) is 5.43. The topological polar surface area (TPSA) is 109 Å². The highest BCUT2D eigenvalue weighted by molar-refractivity contribution is 7.89. The number of hydrogen-bond acceptors (Lipinski definition) is 4. The van der Waals surface area contributed by atoms with Gasteiger partial charge in [-0.15, -0.1) is 0 Å². The van der Waals surface area contributed by atoms with E-state index in [4.69, 9.17) is 5.11 Å². The molecule has 7 nitrogen and oxygen atoms in total. The van der Waals surface area contributed by atoms with Crippen molar-refractivity contribution in [3.8, 4) is 0 Å². The molecule has 0 bridgehead atoms. The molecule has 1 aliphatic rings. The number of aromatic nitrogens is 1. The van der Waals surface area contributed by atoms with E-state index >= 15 is 0 Å².